The molecule has 0 spiro atoms. The molecule has 1 rings (SSSR count). The predicted molar refractivity (Wildman–Crippen MR) is 52.8 cm³/mol. The van der Waals surface area contributed by atoms with E-state index in [0.29, 0.717) is 13.2 Å². The summed E-state index contributed by atoms with van der Waals surface area (Å²) < 4.78 is 34.5. The smallest absolute Gasteiger partial charge is 0.305 e. The van der Waals surface area contributed by atoms with Crippen LogP contribution in [0.5, 0.6) is 0 Å². The first-order valence-electron chi connectivity index (χ1n) is 4.68. The van der Waals surface area contributed by atoms with Crippen molar-refractivity contribution in [3.63, 3.8) is 0 Å². The van der Waals surface area contributed by atoms with E-state index in [1.54, 1.807) is 0 Å². The second kappa shape index (κ2) is 5.43. The molecule has 7 heteroatoms. The number of ether oxygens (including phenoxy) is 2. The highest BCUT2D eigenvalue weighted by Gasteiger charge is 2.23. The van der Waals surface area contributed by atoms with Crippen LogP contribution in [-0.2, 0) is 24.3 Å². The molecule has 0 aromatic heterocycles. The molecule has 0 atom stereocenters. The van der Waals surface area contributed by atoms with Gasteiger partial charge in [0.2, 0.25) is 10.0 Å². The Morgan fingerprint density at radius 3 is 2.67 bits per heavy atom. The number of rotatable bonds is 6. The molecule has 1 saturated heterocycles. The fraction of sp³-hybridized carbons (Fsp3) is 0.875. The van der Waals surface area contributed by atoms with E-state index in [9.17, 15) is 13.2 Å². The first kappa shape index (κ1) is 12.4. The molecular formula is C8H15NO5S. The fourth-order valence-corrected chi connectivity index (χ4v) is 2.41. The lowest BCUT2D eigenvalue weighted by Crippen LogP contribution is -2.49. The van der Waals surface area contributed by atoms with Gasteiger partial charge in [-0.3, -0.25) is 4.79 Å². The Kier molecular flexibility index (Phi) is 4.49. The van der Waals surface area contributed by atoms with Gasteiger partial charge in [0, 0.05) is 6.42 Å². The maximum atomic E-state index is 11.4. The minimum Gasteiger partial charge on any atom is -0.469 e. The van der Waals surface area contributed by atoms with E-state index in [1.807, 2.05) is 0 Å². The van der Waals surface area contributed by atoms with Gasteiger partial charge in [-0.05, 0) is 6.42 Å². The maximum Gasteiger partial charge on any atom is 0.305 e. The maximum absolute atomic E-state index is 11.4. The number of carbonyl (C=O) groups is 1. The van der Waals surface area contributed by atoms with Crippen molar-refractivity contribution in [3.8, 4) is 0 Å². The van der Waals surface area contributed by atoms with Crippen molar-refractivity contribution >= 4 is 16.0 Å². The molecule has 0 saturated carbocycles. The van der Waals surface area contributed by atoms with Gasteiger partial charge in [-0.2, -0.15) is 0 Å². The van der Waals surface area contributed by atoms with Gasteiger partial charge in [0.15, 0.2) is 0 Å². The normalized spacial score (nSPS) is 17.1. The van der Waals surface area contributed by atoms with Gasteiger partial charge < -0.3 is 9.47 Å². The third-order valence-corrected chi connectivity index (χ3v) is 3.52. The van der Waals surface area contributed by atoms with Crippen LogP contribution in [0.15, 0.2) is 0 Å². The topological polar surface area (TPSA) is 81.7 Å². The summed E-state index contributed by atoms with van der Waals surface area (Å²) in [6.45, 7) is 0.854. The van der Waals surface area contributed by atoms with Gasteiger partial charge in [0.05, 0.1) is 32.1 Å². The molecule has 0 aliphatic carbocycles. The molecule has 0 unspecified atom stereocenters. The van der Waals surface area contributed by atoms with E-state index in [2.05, 4.69) is 9.46 Å². The van der Waals surface area contributed by atoms with E-state index >= 15 is 0 Å². The van der Waals surface area contributed by atoms with Gasteiger partial charge in [-0.15, -0.1) is 0 Å². The second-order valence-electron chi connectivity index (χ2n) is 3.35. The third-order valence-electron chi connectivity index (χ3n) is 2.01. The van der Waals surface area contributed by atoms with Crippen LogP contribution in [0.2, 0.25) is 0 Å². The molecule has 1 aliphatic rings. The van der Waals surface area contributed by atoms with E-state index < -0.39 is 16.0 Å². The molecule has 1 N–H and O–H groups in total. The minimum atomic E-state index is -3.28. The molecule has 0 bridgehead atoms. The Bertz CT molecular complexity index is 309. The Hall–Kier alpha value is -0.660. The van der Waals surface area contributed by atoms with Crippen molar-refractivity contribution in [2.45, 2.75) is 18.9 Å². The first-order chi connectivity index (χ1) is 7.03. The van der Waals surface area contributed by atoms with Crippen molar-refractivity contribution in [2.24, 2.45) is 0 Å². The van der Waals surface area contributed by atoms with E-state index in [-0.39, 0.29) is 24.6 Å². The van der Waals surface area contributed by atoms with E-state index in [0.717, 1.165) is 0 Å². The molecule has 6 nitrogen and oxygen atoms in total. The Morgan fingerprint density at radius 1 is 1.53 bits per heavy atom. The van der Waals surface area contributed by atoms with Crippen molar-refractivity contribution in [2.75, 3.05) is 26.1 Å². The Balaban J connectivity index is 2.20. The molecular weight excluding hydrogens is 222 g/mol. The number of hydrogen-bond donors (Lipinski definition) is 1. The average molecular weight is 237 g/mol. The van der Waals surface area contributed by atoms with Crippen LogP contribution in [0.3, 0.4) is 0 Å². The van der Waals surface area contributed by atoms with Crippen molar-refractivity contribution in [1.29, 1.82) is 0 Å². The van der Waals surface area contributed by atoms with Gasteiger partial charge >= 0.3 is 5.97 Å². The molecule has 1 fully saturated rings. The number of esters is 1. The summed E-state index contributed by atoms with van der Waals surface area (Å²) in [5.74, 6) is -0.448. The molecule has 1 aliphatic heterocycles. The summed E-state index contributed by atoms with van der Waals surface area (Å²) in [4.78, 5) is 10.7. The quantitative estimate of drug-likeness (QED) is 0.615. The number of nitrogens with one attached hydrogen (secondary N) is 1. The molecule has 0 amide bonds. The highest BCUT2D eigenvalue weighted by Crippen LogP contribution is 2.03. The van der Waals surface area contributed by atoms with Crippen LogP contribution < -0.4 is 4.72 Å². The summed E-state index contributed by atoms with van der Waals surface area (Å²) in [7, 11) is -2.00. The zero-order chi connectivity index (χ0) is 11.3. The van der Waals surface area contributed by atoms with Crippen LogP contribution in [0, 0.1) is 0 Å². The van der Waals surface area contributed by atoms with E-state index in [4.69, 9.17) is 4.74 Å². The van der Waals surface area contributed by atoms with Crippen LogP contribution in [0.25, 0.3) is 0 Å². The number of methoxy groups -OCH3 is 1. The zero-order valence-corrected chi connectivity index (χ0v) is 9.38. The largest absolute Gasteiger partial charge is 0.469 e. The number of hydrogen-bond acceptors (Lipinski definition) is 5. The van der Waals surface area contributed by atoms with E-state index in [1.165, 1.54) is 7.11 Å². The van der Waals surface area contributed by atoms with Gasteiger partial charge in [-0.1, -0.05) is 0 Å². The van der Waals surface area contributed by atoms with Crippen LogP contribution in [0.4, 0.5) is 0 Å². The highest BCUT2D eigenvalue weighted by atomic mass is 32.2. The third kappa shape index (κ3) is 4.59. The lowest BCUT2D eigenvalue weighted by molar-refractivity contribution is -0.140. The summed E-state index contributed by atoms with van der Waals surface area (Å²) in [6, 6.07) is -0.104. The summed E-state index contributed by atoms with van der Waals surface area (Å²) in [5.41, 5.74) is 0. The van der Waals surface area contributed by atoms with Crippen LogP contribution in [0.1, 0.15) is 12.8 Å². The second-order valence-corrected chi connectivity index (χ2v) is 5.22. The Morgan fingerprint density at radius 2 is 2.20 bits per heavy atom. The van der Waals surface area contributed by atoms with Crippen LogP contribution >= 0.6 is 0 Å². The summed E-state index contributed by atoms with van der Waals surface area (Å²) in [5, 5.41) is 0. The number of carbonyl (C=O) groups excluding carboxylic acids is 1. The lowest BCUT2D eigenvalue weighted by Gasteiger charge is -2.26. The van der Waals surface area contributed by atoms with Gasteiger partial charge in [-0.25, -0.2) is 13.1 Å². The summed E-state index contributed by atoms with van der Waals surface area (Å²) in [6.07, 6.45) is 0.397. The molecule has 88 valence electrons. The first-order valence-corrected chi connectivity index (χ1v) is 6.33. The lowest BCUT2D eigenvalue weighted by atomic mass is 10.3. The molecule has 15 heavy (non-hydrogen) atoms. The predicted octanol–water partition coefficient (Wildman–Crippen LogP) is -0.742. The number of sulfonamides is 1. The SMILES string of the molecule is COC(=O)CCCS(=O)(=O)NC1COC1. The standard InChI is InChI=1S/C8H15NO5S/c1-13-8(10)3-2-4-15(11,12)9-7-5-14-6-7/h7,9H,2-6H2,1H3. The zero-order valence-electron chi connectivity index (χ0n) is 8.56. The van der Waals surface area contributed by atoms with Crippen molar-refractivity contribution in [3.05, 3.63) is 0 Å². The van der Waals surface area contributed by atoms with Crippen molar-refractivity contribution in [1.82, 2.24) is 4.72 Å². The highest BCUT2D eigenvalue weighted by molar-refractivity contribution is 7.89. The van der Waals surface area contributed by atoms with Crippen LogP contribution in [-0.4, -0.2) is 46.5 Å². The molecule has 0 radical (unpaired) electrons. The average Bonchev–Trinajstić information content (AvgIpc) is 2.11. The monoisotopic (exact) mass is 237 g/mol. The molecule has 0 aromatic rings. The minimum absolute atomic E-state index is 0.0569. The van der Waals surface area contributed by atoms with Gasteiger partial charge in [0.25, 0.3) is 0 Å². The Labute approximate surface area is 89.0 Å². The van der Waals surface area contributed by atoms with Gasteiger partial charge in [0.1, 0.15) is 0 Å². The fourth-order valence-electron chi connectivity index (χ4n) is 1.13. The summed E-state index contributed by atoms with van der Waals surface area (Å²) >= 11 is 0. The van der Waals surface area contributed by atoms with Crippen molar-refractivity contribution < 1.29 is 22.7 Å². The molecule has 1 heterocycles. The molecule has 0 aromatic carbocycles.